The Morgan fingerprint density at radius 3 is 0.732 bits per heavy atom. The van der Waals surface area contributed by atoms with E-state index in [2.05, 4.69) is 55.4 Å². The van der Waals surface area contributed by atoms with Crippen molar-refractivity contribution in [3.8, 4) is 0 Å². The number of phosphoric acid groups is 2. The van der Waals surface area contributed by atoms with Gasteiger partial charge in [0.2, 0.25) is 0 Å². The van der Waals surface area contributed by atoms with Crippen LogP contribution in [0, 0.1) is 23.7 Å². The molecular formula is C78H152O17P2. The second-order valence-electron chi connectivity index (χ2n) is 29.5. The topological polar surface area (TPSA) is 237 Å². The third-order valence-electron chi connectivity index (χ3n) is 18.8. The van der Waals surface area contributed by atoms with Crippen LogP contribution in [0.3, 0.4) is 0 Å². The highest BCUT2D eigenvalue weighted by atomic mass is 31.2. The maximum absolute atomic E-state index is 13.1. The van der Waals surface area contributed by atoms with E-state index in [0.29, 0.717) is 25.7 Å². The number of aliphatic hydroxyl groups is 1. The summed E-state index contributed by atoms with van der Waals surface area (Å²) in [7, 11) is -9.92. The van der Waals surface area contributed by atoms with E-state index in [1.54, 1.807) is 0 Å². The molecule has 0 aliphatic rings. The molecule has 19 heteroatoms. The molecule has 0 rings (SSSR count). The zero-order valence-corrected chi connectivity index (χ0v) is 65.5. The molecule has 0 saturated heterocycles. The van der Waals surface area contributed by atoms with Gasteiger partial charge < -0.3 is 33.8 Å². The zero-order chi connectivity index (χ0) is 71.7. The van der Waals surface area contributed by atoms with E-state index < -0.39 is 97.5 Å². The Hall–Kier alpha value is -1.94. The molecule has 0 heterocycles. The maximum Gasteiger partial charge on any atom is 0.472 e. The Morgan fingerprint density at radius 2 is 0.495 bits per heavy atom. The molecule has 0 aliphatic heterocycles. The molecule has 3 N–H and O–H groups in total. The van der Waals surface area contributed by atoms with E-state index in [4.69, 9.17) is 37.0 Å². The lowest BCUT2D eigenvalue weighted by atomic mass is 9.99. The van der Waals surface area contributed by atoms with Crippen LogP contribution in [-0.2, 0) is 65.4 Å². The lowest BCUT2D eigenvalue weighted by molar-refractivity contribution is -0.161. The minimum Gasteiger partial charge on any atom is -0.462 e. The minimum absolute atomic E-state index is 0.105. The summed E-state index contributed by atoms with van der Waals surface area (Å²) in [5.41, 5.74) is 0. The van der Waals surface area contributed by atoms with E-state index in [0.717, 1.165) is 114 Å². The van der Waals surface area contributed by atoms with Crippen LogP contribution < -0.4 is 0 Å². The molecule has 7 atom stereocenters. The first-order chi connectivity index (χ1) is 46.7. The maximum atomic E-state index is 13.1. The van der Waals surface area contributed by atoms with Gasteiger partial charge in [-0.3, -0.25) is 37.3 Å². The van der Waals surface area contributed by atoms with E-state index in [1.165, 1.54) is 199 Å². The van der Waals surface area contributed by atoms with Crippen molar-refractivity contribution in [3.63, 3.8) is 0 Å². The molecule has 0 radical (unpaired) electrons. The van der Waals surface area contributed by atoms with Crippen molar-refractivity contribution >= 4 is 39.5 Å². The molecule has 0 aromatic heterocycles. The number of rotatable bonds is 75. The van der Waals surface area contributed by atoms with Crippen LogP contribution in [0.1, 0.15) is 396 Å². The average molecular weight is 1420 g/mol. The summed E-state index contributed by atoms with van der Waals surface area (Å²) in [6.45, 7) is 14.3. The highest BCUT2D eigenvalue weighted by molar-refractivity contribution is 7.47. The molecule has 0 amide bonds. The molecule has 0 saturated carbocycles. The molecule has 0 spiro atoms. The first kappa shape index (κ1) is 95.1. The fourth-order valence-electron chi connectivity index (χ4n) is 11.8. The van der Waals surface area contributed by atoms with Crippen molar-refractivity contribution in [3.05, 3.63) is 0 Å². The number of phosphoric ester groups is 2. The van der Waals surface area contributed by atoms with Crippen molar-refractivity contribution in [2.75, 3.05) is 39.6 Å². The highest BCUT2D eigenvalue weighted by Crippen LogP contribution is 2.45. The summed E-state index contributed by atoms with van der Waals surface area (Å²) < 4.78 is 68.6. The monoisotopic (exact) mass is 1420 g/mol. The molecule has 0 aliphatic carbocycles. The van der Waals surface area contributed by atoms with Crippen LogP contribution in [0.15, 0.2) is 0 Å². The first-order valence-electron chi connectivity index (χ1n) is 40.3. The second-order valence-corrected chi connectivity index (χ2v) is 32.4. The van der Waals surface area contributed by atoms with Gasteiger partial charge in [0.15, 0.2) is 12.2 Å². The van der Waals surface area contributed by atoms with Crippen LogP contribution in [0.2, 0.25) is 0 Å². The van der Waals surface area contributed by atoms with Crippen molar-refractivity contribution in [2.24, 2.45) is 23.7 Å². The van der Waals surface area contributed by atoms with Crippen LogP contribution in [0.5, 0.6) is 0 Å². The van der Waals surface area contributed by atoms with Crippen LogP contribution in [-0.4, -0.2) is 96.7 Å². The summed E-state index contributed by atoms with van der Waals surface area (Å²) >= 11 is 0. The van der Waals surface area contributed by atoms with Gasteiger partial charge in [-0.2, -0.15) is 0 Å². The molecular weight excluding hydrogens is 1270 g/mol. The molecule has 5 unspecified atom stereocenters. The van der Waals surface area contributed by atoms with Gasteiger partial charge in [0.25, 0.3) is 0 Å². The van der Waals surface area contributed by atoms with E-state index in [9.17, 15) is 43.2 Å². The summed E-state index contributed by atoms with van der Waals surface area (Å²) in [5, 5.41) is 10.6. The van der Waals surface area contributed by atoms with Crippen molar-refractivity contribution in [2.45, 2.75) is 414 Å². The molecule has 576 valence electrons. The number of hydrogen-bond donors (Lipinski definition) is 3. The third-order valence-corrected chi connectivity index (χ3v) is 20.7. The molecule has 0 bridgehead atoms. The number of unbranched alkanes of at least 4 members (excludes halogenated alkanes) is 39. The number of esters is 4. The molecule has 0 aromatic rings. The predicted molar refractivity (Wildman–Crippen MR) is 395 cm³/mol. The van der Waals surface area contributed by atoms with Crippen LogP contribution in [0.4, 0.5) is 0 Å². The van der Waals surface area contributed by atoms with E-state index in [1.807, 2.05) is 0 Å². The number of aliphatic hydroxyl groups excluding tert-OH is 1. The largest absolute Gasteiger partial charge is 0.472 e. The van der Waals surface area contributed by atoms with Gasteiger partial charge in [0, 0.05) is 25.7 Å². The molecule has 0 fully saturated rings. The SMILES string of the molecule is CCC(C)CCCCCCCCCCCCCCCCC(=O)O[C@H](COC(=O)CCCCCCCCCCCCCC(C)C)COP(=O)(O)OCC(O)COP(=O)(O)OC[C@@H](COC(=O)CCCCCCCCCCC(C)C)OC(=O)CCCCCCCCCCCCC(C)CC. The molecule has 17 nitrogen and oxygen atoms in total. The van der Waals surface area contributed by atoms with Gasteiger partial charge in [-0.1, -0.05) is 344 Å². The molecule has 97 heavy (non-hydrogen) atoms. The number of carbonyl (C=O) groups is 4. The minimum atomic E-state index is -4.96. The Labute approximate surface area is 594 Å². The Bertz CT molecular complexity index is 1910. The number of hydrogen-bond acceptors (Lipinski definition) is 15. The standard InChI is InChI=1S/C78H152O17P2/c1-9-70(7)56-48-40-32-23-17-13-11-12-14-18-26-36-44-52-60-77(82)94-73(64-88-75(80)58-50-42-34-25-19-15-16-22-30-38-46-54-68(3)4)66-92-96(84,85)90-62-72(79)63-91-97(86,87)93-67-74(65-89-76(81)59-51-43-35-29-28-31-39-47-55-69(5)6)95-78(83)61-53-45-37-27-21-20-24-33-41-49-57-71(8)10-2/h68-74,79H,9-67H2,1-8H3,(H,84,85)(H,86,87)/t70?,71?,72?,73-,74-/m1/s1. The van der Waals surface area contributed by atoms with Crippen LogP contribution >= 0.6 is 15.6 Å². The van der Waals surface area contributed by atoms with Crippen molar-refractivity contribution in [1.82, 2.24) is 0 Å². The third kappa shape index (κ3) is 69.5. The zero-order valence-electron chi connectivity index (χ0n) is 63.7. The van der Waals surface area contributed by atoms with Crippen molar-refractivity contribution in [1.29, 1.82) is 0 Å². The quantitative estimate of drug-likeness (QED) is 0.0222. The smallest absolute Gasteiger partial charge is 0.462 e. The average Bonchev–Trinajstić information content (AvgIpc) is 1.88. The van der Waals surface area contributed by atoms with E-state index >= 15 is 0 Å². The lowest BCUT2D eigenvalue weighted by Gasteiger charge is -2.21. The van der Waals surface area contributed by atoms with Crippen molar-refractivity contribution < 1.29 is 80.2 Å². The fraction of sp³-hybridized carbons (Fsp3) is 0.949. The Morgan fingerprint density at radius 1 is 0.289 bits per heavy atom. The van der Waals surface area contributed by atoms with Gasteiger partial charge in [-0.05, 0) is 49.4 Å². The summed E-state index contributed by atoms with van der Waals surface area (Å²) in [6, 6.07) is 0. The number of carbonyl (C=O) groups excluding carboxylic acids is 4. The summed E-state index contributed by atoms with van der Waals surface area (Å²) in [6.07, 6.45) is 52.5. The predicted octanol–water partition coefficient (Wildman–Crippen LogP) is 22.8. The normalized spacial score (nSPS) is 14.6. The van der Waals surface area contributed by atoms with Gasteiger partial charge in [-0.15, -0.1) is 0 Å². The summed E-state index contributed by atoms with van der Waals surface area (Å²) in [4.78, 5) is 72.9. The Balaban J connectivity index is 5.27. The van der Waals surface area contributed by atoms with Gasteiger partial charge in [0.1, 0.15) is 19.3 Å². The summed E-state index contributed by atoms with van der Waals surface area (Å²) in [5.74, 6) is 1.03. The molecule has 0 aromatic carbocycles. The first-order valence-corrected chi connectivity index (χ1v) is 43.3. The number of ether oxygens (including phenoxy) is 4. The fourth-order valence-corrected chi connectivity index (χ4v) is 13.4. The van der Waals surface area contributed by atoms with Gasteiger partial charge in [-0.25, -0.2) is 9.13 Å². The van der Waals surface area contributed by atoms with Crippen LogP contribution in [0.25, 0.3) is 0 Å². The van der Waals surface area contributed by atoms with E-state index in [-0.39, 0.29) is 25.7 Å². The second kappa shape index (κ2) is 67.2. The van der Waals surface area contributed by atoms with Gasteiger partial charge >= 0.3 is 39.5 Å². The highest BCUT2D eigenvalue weighted by Gasteiger charge is 2.30. The Kier molecular flexibility index (Phi) is 65.9. The van der Waals surface area contributed by atoms with Gasteiger partial charge in [0.05, 0.1) is 26.4 Å². The lowest BCUT2D eigenvalue weighted by Crippen LogP contribution is -2.30.